The van der Waals surface area contributed by atoms with E-state index in [1.54, 1.807) is 30.3 Å². The van der Waals surface area contributed by atoms with E-state index in [0.29, 0.717) is 24.2 Å². The van der Waals surface area contributed by atoms with Crippen LogP contribution in [0.1, 0.15) is 10.4 Å². The second-order valence-corrected chi connectivity index (χ2v) is 5.47. The van der Waals surface area contributed by atoms with Crippen LogP contribution in [0.3, 0.4) is 0 Å². The molecule has 25 heavy (non-hydrogen) atoms. The third-order valence-corrected chi connectivity index (χ3v) is 3.82. The summed E-state index contributed by atoms with van der Waals surface area (Å²) < 4.78 is 14.2. The fraction of sp³-hybridized carbons (Fsp3) is 0.111. The first kappa shape index (κ1) is 16.7. The van der Waals surface area contributed by atoms with Gasteiger partial charge in [0.2, 0.25) is 5.43 Å². The number of aromatic carboxylic acids is 1. The van der Waals surface area contributed by atoms with Gasteiger partial charge in [0.1, 0.15) is 11.4 Å². The van der Waals surface area contributed by atoms with Crippen molar-refractivity contribution in [2.45, 2.75) is 0 Å². The summed E-state index contributed by atoms with van der Waals surface area (Å²) >= 11 is 0. The van der Waals surface area contributed by atoms with Crippen LogP contribution in [-0.2, 0) is 0 Å². The minimum Gasteiger partial charge on any atom is -0.477 e. The molecule has 3 rings (SSSR count). The van der Waals surface area contributed by atoms with Crippen molar-refractivity contribution < 1.29 is 14.3 Å². The van der Waals surface area contributed by atoms with Crippen molar-refractivity contribution in [3.63, 3.8) is 0 Å². The van der Waals surface area contributed by atoms with Crippen molar-refractivity contribution in [2.24, 2.45) is 5.73 Å². The van der Waals surface area contributed by atoms with Crippen LogP contribution in [0.5, 0.6) is 0 Å². The molecule has 0 saturated heterocycles. The van der Waals surface area contributed by atoms with Gasteiger partial charge in [0.25, 0.3) is 0 Å². The number of anilines is 1. The van der Waals surface area contributed by atoms with Crippen LogP contribution in [0, 0.1) is 5.82 Å². The third kappa shape index (κ3) is 3.09. The molecule has 1 aromatic heterocycles. The largest absolute Gasteiger partial charge is 0.477 e. The number of nitrogens with two attached hydrogens (primary N) is 1. The number of carboxylic acids is 1. The monoisotopic (exact) mass is 341 g/mol. The summed E-state index contributed by atoms with van der Waals surface area (Å²) in [6.45, 7) is 0.687. The molecule has 0 fully saturated rings. The van der Waals surface area contributed by atoms with Crippen molar-refractivity contribution in [2.75, 3.05) is 18.4 Å². The van der Waals surface area contributed by atoms with Gasteiger partial charge in [0.05, 0.1) is 16.9 Å². The molecule has 6 nitrogen and oxygen atoms in total. The molecule has 0 bridgehead atoms. The molecule has 0 saturated carbocycles. The zero-order valence-electron chi connectivity index (χ0n) is 13.2. The smallest absolute Gasteiger partial charge is 0.341 e. The number of hydrogen-bond acceptors (Lipinski definition) is 4. The number of halogens is 1. The zero-order chi connectivity index (χ0) is 18.0. The lowest BCUT2D eigenvalue weighted by atomic mass is 10.0. The summed E-state index contributed by atoms with van der Waals surface area (Å²) in [4.78, 5) is 27.2. The number of pyridine rings is 1. The first-order valence-electron chi connectivity index (χ1n) is 7.65. The molecule has 0 aliphatic rings. The zero-order valence-corrected chi connectivity index (χ0v) is 13.2. The van der Waals surface area contributed by atoms with E-state index in [1.807, 2.05) is 0 Å². The van der Waals surface area contributed by atoms with Gasteiger partial charge in [-0.1, -0.05) is 30.3 Å². The third-order valence-electron chi connectivity index (χ3n) is 3.82. The summed E-state index contributed by atoms with van der Waals surface area (Å²) in [5.74, 6) is -2.01. The van der Waals surface area contributed by atoms with Crippen LogP contribution in [0.4, 0.5) is 10.1 Å². The molecule has 128 valence electrons. The van der Waals surface area contributed by atoms with E-state index in [-0.39, 0.29) is 16.8 Å². The average Bonchev–Trinajstić information content (AvgIpc) is 2.61. The Morgan fingerprint density at radius 1 is 1.24 bits per heavy atom. The summed E-state index contributed by atoms with van der Waals surface area (Å²) in [5.41, 5.74) is 5.53. The topological polar surface area (TPSA) is 108 Å². The highest BCUT2D eigenvalue weighted by Gasteiger charge is 2.20. The highest BCUT2D eigenvalue weighted by Crippen LogP contribution is 2.25. The predicted molar refractivity (Wildman–Crippen MR) is 94.5 cm³/mol. The predicted octanol–water partition coefficient (Wildman–Crippen LogP) is 2.40. The first-order chi connectivity index (χ1) is 12.0. The maximum Gasteiger partial charge on any atom is 0.341 e. The molecule has 0 radical (unpaired) electrons. The molecule has 0 spiro atoms. The van der Waals surface area contributed by atoms with Gasteiger partial charge in [-0.15, -0.1) is 0 Å². The Balaban J connectivity index is 2.31. The van der Waals surface area contributed by atoms with E-state index in [2.05, 4.69) is 10.3 Å². The van der Waals surface area contributed by atoms with Crippen molar-refractivity contribution in [1.29, 1.82) is 0 Å². The molecular weight excluding hydrogens is 325 g/mol. The van der Waals surface area contributed by atoms with E-state index >= 15 is 0 Å². The van der Waals surface area contributed by atoms with E-state index < -0.39 is 22.8 Å². The van der Waals surface area contributed by atoms with Crippen molar-refractivity contribution in [3.05, 3.63) is 64.1 Å². The van der Waals surface area contributed by atoms with Gasteiger partial charge in [-0.05, 0) is 17.7 Å². The molecule has 5 N–H and O–H groups in total. The lowest BCUT2D eigenvalue weighted by molar-refractivity contribution is 0.0696. The number of rotatable bonds is 5. The standard InChI is InChI=1S/C18H16FN3O3/c19-12-8-11-13(9-14(12)21-7-6-20)22-16(10-4-2-1-3-5-10)15(17(11)23)18(24)25/h1-5,8-9,21H,6-7,20H2,(H,22,23)(H,24,25). The molecule has 0 aliphatic heterocycles. The van der Waals surface area contributed by atoms with Crippen LogP contribution in [0.15, 0.2) is 47.3 Å². The Labute approximate surface area is 142 Å². The van der Waals surface area contributed by atoms with Crippen molar-refractivity contribution in [1.82, 2.24) is 4.98 Å². The van der Waals surface area contributed by atoms with E-state index in [0.717, 1.165) is 6.07 Å². The Bertz CT molecular complexity index is 1000. The quantitative estimate of drug-likeness (QED) is 0.570. The highest BCUT2D eigenvalue weighted by atomic mass is 19.1. The van der Waals surface area contributed by atoms with Gasteiger partial charge in [-0.3, -0.25) is 4.79 Å². The van der Waals surface area contributed by atoms with Gasteiger partial charge in [-0.2, -0.15) is 0 Å². The number of nitrogens with one attached hydrogen (secondary N) is 2. The minimum atomic E-state index is -1.37. The Morgan fingerprint density at radius 2 is 1.96 bits per heavy atom. The number of aromatic nitrogens is 1. The minimum absolute atomic E-state index is 0.0205. The summed E-state index contributed by atoms with van der Waals surface area (Å²) in [7, 11) is 0. The molecule has 0 amide bonds. The highest BCUT2D eigenvalue weighted by molar-refractivity contribution is 5.99. The number of fused-ring (bicyclic) bond motifs is 1. The first-order valence-corrected chi connectivity index (χ1v) is 7.65. The Kier molecular flexibility index (Phi) is 4.49. The summed E-state index contributed by atoms with van der Waals surface area (Å²) in [6.07, 6.45) is 0. The molecule has 7 heteroatoms. The molecule has 3 aromatic rings. The number of aromatic amines is 1. The maximum absolute atomic E-state index is 14.2. The molecule has 1 heterocycles. The fourth-order valence-corrected chi connectivity index (χ4v) is 2.68. The normalized spacial score (nSPS) is 10.8. The van der Waals surface area contributed by atoms with Crippen molar-refractivity contribution >= 4 is 22.6 Å². The van der Waals surface area contributed by atoms with E-state index in [4.69, 9.17) is 5.73 Å². The number of carboxylic acid groups (broad SMARTS) is 1. The van der Waals surface area contributed by atoms with E-state index in [9.17, 15) is 19.1 Å². The number of benzene rings is 2. The van der Waals surface area contributed by atoms with Gasteiger partial charge in [0.15, 0.2) is 0 Å². The number of hydrogen-bond donors (Lipinski definition) is 4. The lowest BCUT2D eigenvalue weighted by Crippen LogP contribution is -2.19. The SMILES string of the molecule is NCCNc1cc2[nH]c(-c3ccccc3)c(C(=O)O)c(=O)c2cc1F. The lowest BCUT2D eigenvalue weighted by Gasteiger charge is -2.12. The van der Waals surface area contributed by atoms with E-state index in [1.165, 1.54) is 6.07 Å². The molecule has 0 atom stereocenters. The number of H-pyrrole nitrogens is 1. The van der Waals surface area contributed by atoms with Gasteiger partial charge in [-0.25, -0.2) is 9.18 Å². The molecule has 0 unspecified atom stereocenters. The second-order valence-electron chi connectivity index (χ2n) is 5.47. The van der Waals surface area contributed by atoms with Crippen molar-refractivity contribution in [3.8, 4) is 11.3 Å². The molecule has 2 aromatic carbocycles. The van der Waals surface area contributed by atoms with Crippen LogP contribution in [0.2, 0.25) is 0 Å². The van der Waals surface area contributed by atoms with Crippen LogP contribution in [0.25, 0.3) is 22.2 Å². The van der Waals surface area contributed by atoms with Crippen LogP contribution >= 0.6 is 0 Å². The van der Waals surface area contributed by atoms with Gasteiger partial charge < -0.3 is 21.1 Å². The average molecular weight is 341 g/mol. The van der Waals surface area contributed by atoms with Crippen LogP contribution in [-0.4, -0.2) is 29.1 Å². The number of carbonyl (C=O) groups is 1. The fourth-order valence-electron chi connectivity index (χ4n) is 2.68. The van der Waals surface area contributed by atoms with Crippen LogP contribution < -0.4 is 16.5 Å². The maximum atomic E-state index is 14.2. The van der Waals surface area contributed by atoms with Gasteiger partial charge in [0, 0.05) is 18.5 Å². The van der Waals surface area contributed by atoms with Gasteiger partial charge >= 0.3 is 5.97 Å². The summed E-state index contributed by atoms with van der Waals surface area (Å²) in [6, 6.07) is 11.1. The Hall–Kier alpha value is -3.19. The molecule has 0 aliphatic carbocycles. The molecular formula is C18H16FN3O3. The second kappa shape index (κ2) is 6.74. The Morgan fingerprint density at radius 3 is 2.60 bits per heavy atom. The summed E-state index contributed by atoms with van der Waals surface area (Å²) in [5, 5.41) is 12.3.